The Kier molecular flexibility index (Phi) is 8.02. The van der Waals surface area contributed by atoms with E-state index in [1.165, 1.54) is 18.2 Å². The first-order valence-corrected chi connectivity index (χ1v) is 16.3. The molecule has 7 rings (SSSR count). The van der Waals surface area contributed by atoms with E-state index in [9.17, 15) is 37.5 Å². The van der Waals surface area contributed by atoms with Gasteiger partial charge in [0.05, 0.1) is 11.8 Å². The van der Waals surface area contributed by atoms with E-state index < -0.39 is 104 Å². The quantitative estimate of drug-likeness (QED) is 0.0803. The number of hydrogen-bond acceptors (Lipinski definition) is 6. The van der Waals surface area contributed by atoms with E-state index in [1.807, 2.05) is 18.2 Å². The lowest BCUT2D eigenvalue weighted by Crippen LogP contribution is -2.60. The molecule has 15 heteroatoms. The van der Waals surface area contributed by atoms with Gasteiger partial charge in [-0.05, 0) is 37.3 Å². The lowest BCUT2D eigenvalue weighted by molar-refractivity contribution is -0.140. The number of phenolic OH excluding ortho intramolecular Hbond substituents is 1. The highest BCUT2D eigenvalue weighted by atomic mass is 35.5. The number of likely N-dealkylation sites (tertiary alicyclic amines) is 1. The van der Waals surface area contributed by atoms with E-state index in [0.29, 0.717) is 0 Å². The molecule has 0 radical (unpaired) electrons. The van der Waals surface area contributed by atoms with Crippen molar-refractivity contribution in [1.82, 2.24) is 4.90 Å². The maximum atomic E-state index is 15.2. The van der Waals surface area contributed by atoms with Crippen molar-refractivity contribution >= 4 is 52.5 Å². The first-order valence-electron chi connectivity index (χ1n) is 15.5. The molecule has 3 aromatic carbocycles. The van der Waals surface area contributed by atoms with Gasteiger partial charge in [-0.1, -0.05) is 48.0 Å². The second kappa shape index (κ2) is 11.8. The molecule has 4 aliphatic rings. The lowest BCUT2D eigenvalue weighted by Gasteiger charge is -2.50. The van der Waals surface area contributed by atoms with Gasteiger partial charge in [0.15, 0.2) is 33.0 Å². The van der Waals surface area contributed by atoms with E-state index in [4.69, 9.17) is 27.9 Å². The van der Waals surface area contributed by atoms with Gasteiger partial charge in [-0.3, -0.25) is 24.1 Å². The van der Waals surface area contributed by atoms with E-state index in [2.05, 4.69) is 0 Å². The largest absolute Gasteiger partial charge is 0.508 e. The maximum absolute atomic E-state index is 15.2. The highest BCUT2D eigenvalue weighted by Gasteiger charge is 2.77. The summed E-state index contributed by atoms with van der Waals surface area (Å²) in [5.41, 5.74) is -0.959. The number of benzene rings is 3. The van der Waals surface area contributed by atoms with Gasteiger partial charge in [0.1, 0.15) is 23.8 Å². The van der Waals surface area contributed by atoms with Crippen LogP contribution >= 0.6 is 23.2 Å². The molecule has 3 aromatic rings. The number of halogens is 7. The lowest BCUT2D eigenvalue weighted by atomic mass is 9.56. The van der Waals surface area contributed by atoms with E-state index in [0.717, 1.165) is 10.5 Å². The molecule has 1 N–H and O–H groups in total. The van der Waals surface area contributed by atoms with Gasteiger partial charge >= 0.3 is 0 Å². The summed E-state index contributed by atoms with van der Waals surface area (Å²) in [5.74, 6) is -21.6. The Hall–Kier alpha value is -4.49. The zero-order chi connectivity index (χ0) is 36.0. The van der Waals surface area contributed by atoms with Gasteiger partial charge in [-0.2, -0.15) is 0 Å². The number of amides is 4. The third-order valence-electron chi connectivity index (χ3n) is 10.2. The SMILES string of the molecule is CCN1C(=O)[C@H]2[C@H](CC=C3[C@H]2C[C@@]2(Cl)C(=O)N(c4c(F)c(F)c(F)c(F)c4F)C(=O)[C@@]2(Cl)[C@H]3c2ccc(OCc3ccccc3)cc2O)C1=O. The number of alkyl halides is 2. The number of anilines is 1. The monoisotopic (exact) mass is 734 g/mol. The minimum Gasteiger partial charge on any atom is -0.508 e. The fourth-order valence-electron chi connectivity index (χ4n) is 7.89. The predicted octanol–water partition coefficient (Wildman–Crippen LogP) is 6.25. The number of carbonyl (C=O) groups excluding carboxylic acids is 4. The van der Waals surface area contributed by atoms with Gasteiger partial charge in [0.25, 0.3) is 11.8 Å². The molecule has 2 aliphatic carbocycles. The van der Waals surface area contributed by atoms with Crippen molar-refractivity contribution < 1.29 is 51.0 Å². The molecule has 8 nitrogen and oxygen atoms in total. The standard InChI is InChI=1S/C35H25Cl2F5N2O6/c1-2-43-30(46)19-11-10-17-20(22(19)31(43)47)13-34(36)32(48)44(29-27(41)25(39)24(38)26(40)28(29)42)33(49)35(34,37)23(17)18-9-8-16(12-21(18)45)50-14-15-6-4-3-5-7-15/h3-10,12,19-20,22-23,45H,2,11,13-14H2,1H3/t19-,20+,22-,23+,34+,35-/m0/s1. The normalized spacial score (nSPS) is 28.8. The first-order chi connectivity index (χ1) is 23.7. The van der Waals surface area contributed by atoms with Gasteiger partial charge in [-0.25, -0.2) is 26.9 Å². The Morgan fingerprint density at radius 1 is 0.860 bits per heavy atom. The molecule has 0 bridgehead atoms. The molecule has 2 aliphatic heterocycles. The number of rotatable bonds is 6. The number of nitrogens with zero attached hydrogens (tertiary/aromatic N) is 2. The summed E-state index contributed by atoms with van der Waals surface area (Å²) in [6.45, 7) is 1.74. The molecule has 0 spiro atoms. The van der Waals surface area contributed by atoms with Crippen LogP contribution in [-0.4, -0.2) is 49.9 Å². The minimum absolute atomic E-state index is 0.00114. The van der Waals surface area contributed by atoms with E-state index in [1.54, 1.807) is 25.1 Å². The second-order valence-electron chi connectivity index (χ2n) is 12.6. The van der Waals surface area contributed by atoms with Crippen molar-refractivity contribution in [2.75, 3.05) is 11.4 Å². The first kappa shape index (κ1) is 34.0. The van der Waals surface area contributed by atoms with Gasteiger partial charge in [-0.15, -0.1) is 23.2 Å². The summed E-state index contributed by atoms with van der Waals surface area (Å²) in [5, 5.41) is 11.4. The molecule has 3 fully saturated rings. The molecular formula is C35H25Cl2F5N2O6. The molecule has 1 saturated carbocycles. The summed E-state index contributed by atoms with van der Waals surface area (Å²) < 4.78 is 79.0. The second-order valence-corrected chi connectivity index (χ2v) is 13.8. The number of fused-ring (bicyclic) bond motifs is 4. The van der Waals surface area contributed by atoms with Crippen LogP contribution in [-0.2, 0) is 25.8 Å². The third kappa shape index (κ3) is 4.48. The van der Waals surface area contributed by atoms with Crippen molar-refractivity contribution in [2.45, 2.75) is 42.0 Å². The van der Waals surface area contributed by atoms with Gasteiger partial charge in [0, 0.05) is 24.1 Å². The zero-order valence-corrected chi connectivity index (χ0v) is 27.4. The number of imide groups is 2. The van der Waals surface area contributed by atoms with Crippen LogP contribution in [0.3, 0.4) is 0 Å². The summed E-state index contributed by atoms with van der Waals surface area (Å²) in [7, 11) is 0. The third-order valence-corrected chi connectivity index (χ3v) is 11.6. The highest BCUT2D eigenvalue weighted by Crippen LogP contribution is 2.66. The van der Waals surface area contributed by atoms with E-state index in [-0.39, 0.29) is 41.4 Å². The van der Waals surface area contributed by atoms with Gasteiger partial charge < -0.3 is 9.84 Å². The molecule has 50 heavy (non-hydrogen) atoms. The van der Waals surface area contributed by atoms with E-state index >= 15 is 8.78 Å². The zero-order valence-electron chi connectivity index (χ0n) is 25.9. The summed E-state index contributed by atoms with van der Waals surface area (Å²) in [6.07, 6.45) is 0.923. The molecule has 4 amide bonds. The molecular weight excluding hydrogens is 710 g/mol. The number of hydrogen-bond donors (Lipinski definition) is 1. The number of phenols is 1. The van der Waals surface area contributed by atoms with Crippen LogP contribution in [0.2, 0.25) is 0 Å². The molecule has 0 aromatic heterocycles. The predicted molar refractivity (Wildman–Crippen MR) is 168 cm³/mol. The summed E-state index contributed by atoms with van der Waals surface area (Å²) in [6, 6.07) is 13.0. The van der Waals surface area contributed by atoms with Crippen LogP contribution in [0.1, 0.15) is 36.8 Å². The molecule has 260 valence electrons. The smallest absolute Gasteiger partial charge is 0.258 e. The van der Waals surface area contributed by atoms with Crippen molar-refractivity contribution in [2.24, 2.45) is 17.8 Å². The summed E-state index contributed by atoms with van der Waals surface area (Å²) >= 11 is 14.2. The average Bonchev–Trinajstić information content (AvgIpc) is 3.44. The number of ether oxygens (including phenoxy) is 1. The number of carbonyl (C=O) groups is 4. The summed E-state index contributed by atoms with van der Waals surface area (Å²) in [4.78, 5) is 50.8. The molecule has 2 heterocycles. The fraction of sp³-hybridized carbons (Fsp3) is 0.314. The Morgan fingerprint density at radius 3 is 2.12 bits per heavy atom. The van der Waals surface area contributed by atoms with Crippen LogP contribution in [0, 0.1) is 46.8 Å². The van der Waals surface area contributed by atoms with Crippen molar-refractivity contribution in [3.05, 3.63) is 100 Å². The van der Waals surface area contributed by atoms with Crippen LogP contribution < -0.4 is 9.64 Å². The minimum atomic E-state index is -2.75. The number of aromatic hydroxyl groups is 1. The van der Waals surface area contributed by atoms with Crippen molar-refractivity contribution in [1.29, 1.82) is 0 Å². The molecule has 6 atom stereocenters. The van der Waals surface area contributed by atoms with Gasteiger partial charge in [0.2, 0.25) is 17.6 Å². The highest BCUT2D eigenvalue weighted by molar-refractivity contribution is 6.58. The van der Waals surface area contributed by atoms with Crippen molar-refractivity contribution in [3.63, 3.8) is 0 Å². The van der Waals surface area contributed by atoms with Crippen LogP contribution in [0.5, 0.6) is 11.5 Å². The Labute approximate surface area is 291 Å². The van der Waals surface area contributed by atoms with Crippen LogP contribution in [0.4, 0.5) is 27.6 Å². The molecule has 2 saturated heterocycles. The fourth-order valence-corrected chi connectivity index (χ4v) is 8.81. The topological polar surface area (TPSA) is 104 Å². The Bertz CT molecular complexity index is 2020. The average molecular weight is 735 g/mol. The Morgan fingerprint density at radius 2 is 1.50 bits per heavy atom. The van der Waals surface area contributed by atoms with Crippen LogP contribution in [0.25, 0.3) is 0 Å². The number of allylic oxidation sites excluding steroid dienone is 2. The van der Waals surface area contributed by atoms with Crippen LogP contribution in [0.15, 0.2) is 60.2 Å². The Balaban J connectivity index is 1.40. The van der Waals surface area contributed by atoms with Crippen molar-refractivity contribution in [3.8, 4) is 11.5 Å². The maximum Gasteiger partial charge on any atom is 0.258 e. The molecule has 0 unspecified atom stereocenters.